The van der Waals surface area contributed by atoms with Crippen molar-refractivity contribution in [1.82, 2.24) is 4.98 Å². The van der Waals surface area contributed by atoms with Gasteiger partial charge >= 0.3 is 0 Å². The third-order valence-corrected chi connectivity index (χ3v) is 2.44. The van der Waals surface area contributed by atoms with Gasteiger partial charge in [-0.15, -0.1) is 0 Å². The van der Waals surface area contributed by atoms with Gasteiger partial charge in [0.1, 0.15) is 0 Å². The van der Waals surface area contributed by atoms with E-state index in [-0.39, 0.29) is 0 Å². The molecule has 0 saturated heterocycles. The van der Waals surface area contributed by atoms with Gasteiger partial charge in [-0.3, -0.25) is 0 Å². The van der Waals surface area contributed by atoms with Gasteiger partial charge in [-0.05, 0) is 29.8 Å². The molecular formula is C13H15N3O. The van der Waals surface area contributed by atoms with Crippen LogP contribution in [0.3, 0.4) is 0 Å². The summed E-state index contributed by atoms with van der Waals surface area (Å²) in [5.74, 6) is 1.42. The first-order valence-electron chi connectivity index (χ1n) is 5.38. The average molecular weight is 229 g/mol. The number of anilines is 2. The van der Waals surface area contributed by atoms with Crippen LogP contribution < -0.4 is 15.8 Å². The van der Waals surface area contributed by atoms with Gasteiger partial charge in [0.05, 0.1) is 7.11 Å². The van der Waals surface area contributed by atoms with Crippen LogP contribution >= 0.6 is 0 Å². The Morgan fingerprint density at radius 1 is 1.24 bits per heavy atom. The van der Waals surface area contributed by atoms with Gasteiger partial charge in [-0.2, -0.15) is 0 Å². The molecule has 2 aromatic rings. The molecule has 0 aliphatic carbocycles. The third-order valence-electron chi connectivity index (χ3n) is 2.44. The number of rotatable bonds is 4. The molecule has 17 heavy (non-hydrogen) atoms. The number of methoxy groups -OCH3 is 1. The fraction of sp³-hybridized carbons (Fsp3) is 0.154. The molecule has 4 heteroatoms. The van der Waals surface area contributed by atoms with Crippen LogP contribution in [0.25, 0.3) is 0 Å². The second-order valence-electron chi connectivity index (χ2n) is 3.58. The number of benzene rings is 1. The fourth-order valence-corrected chi connectivity index (χ4v) is 1.51. The average Bonchev–Trinajstić information content (AvgIpc) is 2.40. The molecule has 1 aromatic carbocycles. The maximum atomic E-state index is 5.55. The van der Waals surface area contributed by atoms with Crippen LogP contribution in [0.5, 0.6) is 5.75 Å². The van der Waals surface area contributed by atoms with Crippen molar-refractivity contribution in [2.75, 3.05) is 12.4 Å². The van der Waals surface area contributed by atoms with E-state index in [9.17, 15) is 0 Å². The van der Waals surface area contributed by atoms with Crippen LogP contribution in [0.1, 0.15) is 5.56 Å². The third kappa shape index (κ3) is 2.73. The lowest BCUT2D eigenvalue weighted by atomic mass is 10.2. The van der Waals surface area contributed by atoms with E-state index in [0.29, 0.717) is 12.4 Å². The predicted octanol–water partition coefficient (Wildman–Crippen LogP) is 2.29. The van der Waals surface area contributed by atoms with Gasteiger partial charge in [0.25, 0.3) is 0 Å². The van der Waals surface area contributed by atoms with Gasteiger partial charge in [0.2, 0.25) is 0 Å². The SMILES string of the molecule is COc1cccnc1Nc1ccc(CN)cc1. The molecule has 0 unspecified atom stereocenters. The van der Waals surface area contributed by atoms with Crippen LogP contribution in [0.15, 0.2) is 42.6 Å². The highest BCUT2D eigenvalue weighted by atomic mass is 16.5. The maximum Gasteiger partial charge on any atom is 0.173 e. The van der Waals surface area contributed by atoms with Crippen molar-refractivity contribution in [3.8, 4) is 5.75 Å². The molecule has 0 saturated carbocycles. The molecule has 0 spiro atoms. The van der Waals surface area contributed by atoms with Crippen LogP contribution in [0, 0.1) is 0 Å². The topological polar surface area (TPSA) is 60.2 Å². The van der Waals surface area contributed by atoms with Gasteiger partial charge in [-0.1, -0.05) is 12.1 Å². The molecule has 4 nitrogen and oxygen atoms in total. The summed E-state index contributed by atoms with van der Waals surface area (Å²) in [4.78, 5) is 4.23. The van der Waals surface area contributed by atoms with E-state index < -0.39 is 0 Å². The lowest BCUT2D eigenvalue weighted by molar-refractivity contribution is 0.415. The Morgan fingerprint density at radius 2 is 2.00 bits per heavy atom. The molecule has 88 valence electrons. The van der Waals surface area contributed by atoms with Gasteiger partial charge < -0.3 is 15.8 Å². The summed E-state index contributed by atoms with van der Waals surface area (Å²) < 4.78 is 5.22. The first-order chi connectivity index (χ1) is 8.33. The van der Waals surface area contributed by atoms with Crippen LogP contribution in [0.4, 0.5) is 11.5 Å². The van der Waals surface area contributed by atoms with Crippen molar-refractivity contribution >= 4 is 11.5 Å². The summed E-state index contributed by atoms with van der Waals surface area (Å²) in [6.07, 6.45) is 1.72. The van der Waals surface area contributed by atoms with Crippen LogP contribution in [0.2, 0.25) is 0 Å². The fourth-order valence-electron chi connectivity index (χ4n) is 1.51. The highest BCUT2D eigenvalue weighted by molar-refractivity contribution is 5.62. The number of nitrogens with two attached hydrogens (primary N) is 1. The number of nitrogens with zero attached hydrogens (tertiary/aromatic N) is 1. The quantitative estimate of drug-likeness (QED) is 0.844. The zero-order chi connectivity index (χ0) is 12.1. The first-order valence-corrected chi connectivity index (χ1v) is 5.38. The number of ether oxygens (including phenoxy) is 1. The normalized spacial score (nSPS) is 10.0. The molecule has 0 fully saturated rings. The van der Waals surface area contributed by atoms with Crippen molar-refractivity contribution in [3.05, 3.63) is 48.2 Å². The molecule has 0 radical (unpaired) electrons. The Hall–Kier alpha value is -2.07. The smallest absolute Gasteiger partial charge is 0.173 e. The zero-order valence-corrected chi connectivity index (χ0v) is 9.68. The number of nitrogens with one attached hydrogen (secondary N) is 1. The number of aromatic nitrogens is 1. The van der Waals surface area contributed by atoms with Gasteiger partial charge in [-0.25, -0.2) is 4.98 Å². The lowest BCUT2D eigenvalue weighted by Crippen LogP contribution is -1.98. The number of pyridine rings is 1. The summed E-state index contributed by atoms with van der Waals surface area (Å²) in [5.41, 5.74) is 7.60. The summed E-state index contributed by atoms with van der Waals surface area (Å²) in [6, 6.07) is 11.6. The van der Waals surface area contributed by atoms with Crippen LogP contribution in [-0.2, 0) is 6.54 Å². The summed E-state index contributed by atoms with van der Waals surface area (Å²) in [6.45, 7) is 0.549. The van der Waals surface area contributed by atoms with Gasteiger partial charge in [0, 0.05) is 18.4 Å². The van der Waals surface area contributed by atoms with E-state index >= 15 is 0 Å². The molecule has 0 aliphatic heterocycles. The minimum Gasteiger partial charge on any atom is -0.493 e. The Kier molecular flexibility index (Phi) is 3.57. The van der Waals surface area contributed by atoms with E-state index in [4.69, 9.17) is 10.5 Å². The van der Waals surface area contributed by atoms with E-state index in [0.717, 1.165) is 17.0 Å². The number of hydrogen-bond donors (Lipinski definition) is 2. The van der Waals surface area contributed by atoms with Gasteiger partial charge in [0.15, 0.2) is 11.6 Å². The Morgan fingerprint density at radius 3 is 2.65 bits per heavy atom. The van der Waals surface area contributed by atoms with Crippen molar-refractivity contribution in [3.63, 3.8) is 0 Å². The minimum atomic E-state index is 0.549. The maximum absolute atomic E-state index is 5.55. The minimum absolute atomic E-state index is 0.549. The Bertz CT molecular complexity index is 482. The molecular weight excluding hydrogens is 214 g/mol. The molecule has 2 rings (SSSR count). The van der Waals surface area contributed by atoms with Crippen molar-refractivity contribution in [1.29, 1.82) is 0 Å². The molecule has 0 amide bonds. The summed E-state index contributed by atoms with van der Waals surface area (Å²) >= 11 is 0. The Labute approximate surface area is 100 Å². The molecule has 0 bridgehead atoms. The largest absolute Gasteiger partial charge is 0.493 e. The standard InChI is InChI=1S/C13H15N3O/c1-17-12-3-2-8-15-13(12)16-11-6-4-10(9-14)5-7-11/h2-8H,9,14H2,1H3,(H,15,16). The second kappa shape index (κ2) is 5.32. The molecule has 3 N–H and O–H groups in total. The van der Waals surface area contributed by atoms with Crippen molar-refractivity contribution in [2.45, 2.75) is 6.54 Å². The lowest BCUT2D eigenvalue weighted by Gasteiger charge is -2.09. The van der Waals surface area contributed by atoms with Crippen molar-refractivity contribution < 1.29 is 4.74 Å². The monoisotopic (exact) mass is 229 g/mol. The number of hydrogen-bond acceptors (Lipinski definition) is 4. The van der Waals surface area contributed by atoms with Crippen molar-refractivity contribution in [2.24, 2.45) is 5.73 Å². The van der Waals surface area contributed by atoms with E-state index in [1.807, 2.05) is 36.4 Å². The summed E-state index contributed by atoms with van der Waals surface area (Å²) in [7, 11) is 1.62. The van der Waals surface area contributed by atoms with E-state index in [1.165, 1.54) is 0 Å². The second-order valence-corrected chi connectivity index (χ2v) is 3.58. The highest BCUT2D eigenvalue weighted by Crippen LogP contribution is 2.24. The van der Waals surface area contributed by atoms with E-state index in [2.05, 4.69) is 10.3 Å². The Balaban J connectivity index is 2.19. The highest BCUT2D eigenvalue weighted by Gasteiger charge is 2.02. The zero-order valence-electron chi connectivity index (χ0n) is 9.68. The van der Waals surface area contributed by atoms with E-state index in [1.54, 1.807) is 13.3 Å². The van der Waals surface area contributed by atoms with Crippen LogP contribution in [-0.4, -0.2) is 12.1 Å². The summed E-state index contributed by atoms with van der Waals surface area (Å²) in [5, 5.41) is 3.20. The molecule has 0 aliphatic rings. The molecule has 1 aromatic heterocycles. The predicted molar refractivity (Wildman–Crippen MR) is 68.4 cm³/mol. The first kappa shape index (κ1) is 11.4. The molecule has 1 heterocycles. The molecule has 0 atom stereocenters.